The number of anilines is 3. The molecule has 4 nitrogen and oxygen atoms in total. The number of hydrogen-bond acceptors (Lipinski definition) is 4. The molecule has 0 saturated carbocycles. The molecule has 0 atom stereocenters. The molecule has 0 saturated heterocycles. The molecule has 62 heavy (non-hydrogen) atoms. The lowest BCUT2D eigenvalue weighted by Crippen LogP contribution is -2.23. The molecule has 0 radical (unpaired) electrons. The fraction of sp³-hybridized carbons (Fsp3) is 0.103. The number of hydrogen-bond donors (Lipinski definition) is 0. The average molecular weight is 800 g/mol. The monoisotopic (exact) mass is 799 g/mol. The van der Waals surface area contributed by atoms with Crippen molar-refractivity contribution >= 4 is 39.0 Å². The summed E-state index contributed by atoms with van der Waals surface area (Å²) in [6.45, 7) is 9.65. The van der Waals surface area contributed by atoms with E-state index in [-0.39, 0.29) is 10.8 Å². The third kappa shape index (κ3) is 4.78. The van der Waals surface area contributed by atoms with Gasteiger partial charge in [0, 0.05) is 43.9 Å². The molecule has 2 aliphatic carbocycles. The van der Waals surface area contributed by atoms with Crippen LogP contribution >= 0.6 is 0 Å². The smallest absolute Gasteiger partial charge is 0.152 e. The fourth-order valence-corrected chi connectivity index (χ4v) is 11.0. The number of benzene rings is 8. The second kappa shape index (κ2) is 12.5. The quantitative estimate of drug-likeness (QED) is 0.178. The van der Waals surface area contributed by atoms with Gasteiger partial charge in [-0.1, -0.05) is 143 Å². The van der Waals surface area contributed by atoms with Gasteiger partial charge in [0.05, 0.1) is 17.1 Å². The molecule has 10 aromatic rings. The van der Waals surface area contributed by atoms with Gasteiger partial charge in [-0.25, -0.2) is 0 Å². The normalized spacial score (nSPS) is 14.8. The first-order valence-electron chi connectivity index (χ1n) is 21.5. The molecule has 1 aliphatic heterocycles. The SMILES string of the molecule is CC1(C)c2ccccc2-c2c(N3c4ccc(-c5cc6ccccc6o5)cc4Oc4cc(-c5cc6ccccc6o5)ccc43)c3c(c(-c4ccccc4)c21)C(C)(C)c1ccccc1-3. The van der Waals surface area contributed by atoms with Crippen LogP contribution in [0.2, 0.25) is 0 Å². The summed E-state index contributed by atoms with van der Waals surface area (Å²) < 4.78 is 20.0. The van der Waals surface area contributed by atoms with Crippen LogP contribution in [0.15, 0.2) is 185 Å². The van der Waals surface area contributed by atoms with E-state index in [1.165, 1.54) is 61.3 Å². The van der Waals surface area contributed by atoms with E-state index in [9.17, 15) is 0 Å². The standard InChI is InChI=1S/C58H41NO3/c1-57(2)41-22-12-10-20-39(41)52-54(57)51(34-16-6-5-7-17-34)55-53(40-21-11-13-23-42(40)58(55,3)4)56(52)59-43-28-26-37(47-30-35-18-8-14-24-45(35)60-47)32-49(43)62-50-33-38(27-29-44(50)59)48-31-36-19-9-15-25-46(36)61-48/h5-33H,1-4H3. The maximum Gasteiger partial charge on any atom is 0.152 e. The van der Waals surface area contributed by atoms with E-state index in [1.807, 2.05) is 36.4 Å². The van der Waals surface area contributed by atoms with E-state index < -0.39 is 0 Å². The largest absolute Gasteiger partial charge is 0.456 e. The average Bonchev–Trinajstić information content (AvgIpc) is 4.05. The molecule has 3 heterocycles. The molecule has 0 N–H and O–H groups in total. The molecule has 296 valence electrons. The predicted molar refractivity (Wildman–Crippen MR) is 252 cm³/mol. The van der Waals surface area contributed by atoms with Gasteiger partial charge in [0.1, 0.15) is 22.7 Å². The summed E-state index contributed by atoms with van der Waals surface area (Å²) in [5, 5.41) is 2.13. The molecule has 0 spiro atoms. The first-order valence-corrected chi connectivity index (χ1v) is 21.5. The van der Waals surface area contributed by atoms with E-state index in [4.69, 9.17) is 13.6 Å². The van der Waals surface area contributed by atoms with Gasteiger partial charge in [-0.05, 0) is 105 Å². The summed E-state index contributed by atoms with van der Waals surface area (Å²) in [7, 11) is 0. The van der Waals surface area contributed by atoms with Crippen molar-refractivity contribution in [1.82, 2.24) is 0 Å². The van der Waals surface area contributed by atoms with Gasteiger partial charge < -0.3 is 18.5 Å². The Morgan fingerprint density at radius 2 is 0.855 bits per heavy atom. The topological polar surface area (TPSA) is 38.8 Å². The van der Waals surface area contributed by atoms with E-state index in [2.05, 4.69) is 172 Å². The van der Waals surface area contributed by atoms with Crippen LogP contribution in [0.1, 0.15) is 49.9 Å². The van der Waals surface area contributed by atoms with E-state index >= 15 is 0 Å². The highest BCUT2D eigenvalue weighted by atomic mass is 16.5. The van der Waals surface area contributed by atoms with Crippen LogP contribution in [0.5, 0.6) is 11.5 Å². The van der Waals surface area contributed by atoms with Crippen molar-refractivity contribution in [3.63, 3.8) is 0 Å². The fourth-order valence-electron chi connectivity index (χ4n) is 11.0. The Balaban J connectivity index is 1.15. The number of furan rings is 2. The number of para-hydroxylation sites is 2. The summed E-state index contributed by atoms with van der Waals surface area (Å²) in [5.74, 6) is 3.10. The number of nitrogens with zero attached hydrogens (tertiary/aromatic N) is 1. The molecule has 3 aliphatic rings. The van der Waals surface area contributed by atoms with E-state index in [0.717, 1.165) is 67.5 Å². The van der Waals surface area contributed by atoms with Crippen molar-refractivity contribution in [2.24, 2.45) is 0 Å². The van der Waals surface area contributed by atoms with Gasteiger partial charge in [-0.15, -0.1) is 0 Å². The number of ether oxygens (including phenoxy) is 1. The van der Waals surface area contributed by atoms with Crippen molar-refractivity contribution in [2.75, 3.05) is 4.90 Å². The Hall–Kier alpha value is -7.56. The van der Waals surface area contributed by atoms with Gasteiger partial charge in [0.25, 0.3) is 0 Å². The zero-order valence-electron chi connectivity index (χ0n) is 34.9. The Morgan fingerprint density at radius 1 is 0.403 bits per heavy atom. The van der Waals surface area contributed by atoms with Crippen LogP contribution in [0.4, 0.5) is 17.1 Å². The summed E-state index contributed by atoms with van der Waals surface area (Å²) in [6, 6.07) is 62.8. The lowest BCUT2D eigenvalue weighted by Gasteiger charge is -2.38. The highest BCUT2D eigenvalue weighted by molar-refractivity contribution is 6.11. The van der Waals surface area contributed by atoms with Gasteiger partial charge >= 0.3 is 0 Å². The molecule has 13 rings (SSSR count). The second-order valence-electron chi connectivity index (χ2n) is 18.0. The van der Waals surface area contributed by atoms with Crippen molar-refractivity contribution in [3.05, 3.63) is 198 Å². The zero-order valence-corrected chi connectivity index (χ0v) is 34.9. The van der Waals surface area contributed by atoms with Gasteiger partial charge in [-0.2, -0.15) is 0 Å². The van der Waals surface area contributed by atoms with Crippen LogP contribution in [-0.2, 0) is 10.8 Å². The molecule has 0 bridgehead atoms. The predicted octanol–water partition coefficient (Wildman–Crippen LogP) is 16.4. The summed E-state index contributed by atoms with van der Waals surface area (Å²) >= 11 is 0. The lowest BCUT2D eigenvalue weighted by atomic mass is 9.71. The van der Waals surface area contributed by atoms with Gasteiger partial charge in [-0.3, -0.25) is 0 Å². The summed E-state index contributed by atoms with van der Waals surface area (Å²) in [5.41, 5.74) is 19.1. The molecule has 8 aromatic carbocycles. The van der Waals surface area contributed by atoms with Crippen LogP contribution in [-0.4, -0.2) is 0 Å². The summed E-state index contributed by atoms with van der Waals surface area (Å²) in [6.07, 6.45) is 0. The van der Waals surface area contributed by atoms with Crippen LogP contribution in [0, 0.1) is 0 Å². The molecule has 4 heteroatoms. The summed E-state index contributed by atoms with van der Waals surface area (Å²) in [4.78, 5) is 2.50. The van der Waals surface area contributed by atoms with Crippen LogP contribution in [0.3, 0.4) is 0 Å². The van der Waals surface area contributed by atoms with Crippen molar-refractivity contribution in [3.8, 4) is 67.5 Å². The first-order chi connectivity index (χ1) is 30.3. The maximum absolute atomic E-state index is 7.13. The molecule has 0 fully saturated rings. The maximum atomic E-state index is 7.13. The highest BCUT2D eigenvalue weighted by Crippen LogP contribution is 2.67. The molecular weight excluding hydrogens is 759 g/mol. The Morgan fingerprint density at radius 3 is 1.35 bits per heavy atom. The third-order valence-corrected chi connectivity index (χ3v) is 13.8. The van der Waals surface area contributed by atoms with Crippen LogP contribution < -0.4 is 9.64 Å². The van der Waals surface area contributed by atoms with E-state index in [0.29, 0.717) is 0 Å². The minimum Gasteiger partial charge on any atom is -0.456 e. The van der Waals surface area contributed by atoms with Gasteiger partial charge in [0.2, 0.25) is 0 Å². The Bertz CT molecular complexity index is 3240. The van der Waals surface area contributed by atoms with Gasteiger partial charge in [0.15, 0.2) is 11.5 Å². The van der Waals surface area contributed by atoms with Crippen LogP contribution in [0.25, 0.3) is 78.0 Å². The molecule has 2 aromatic heterocycles. The highest BCUT2D eigenvalue weighted by Gasteiger charge is 2.49. The Labute approximate surface area is 360 Å². The second-order valence-corrected chi connectivity index (χ2v) is 18.0. The Kier molecular flexibility index (Phi) is 7.10. The number of fused-ring (bicyclic) bond motifs is 10. The number of rotatable bonds is 4. The first kappa shape index (κ1) is 35.2. The van der Waals surface area contributed by atoms with Crippen molar-refractivity contribution in [1.29, 1.82) is 0 Å². The minimum absolute atomic E-state index is 0.306. The molecule has 0 amide bonds. The third-order valence-electron chi connectivity index (χ3n) is 13.8. The van der Waals surface area contributed by atoms with E-state index in [1.54, 1.807) is 0 Å². The van der Waals surface area contributed by atoms with Crippen molar-refractivity contribution in [2.45, 2.75) is 38.5 Å². The zero-order chi connectivity index (χ0) is 41.5. The molecule has 0 unspecified atom stereocenters. The van der Waals surface area contributed by atoms with Crippen molar-refractivity contribution < 1.29 is 13.6 Å². The lowest BCUT2D eigenvalue weighted by molar-refractivity contribution is 0.477. The molecular formula is C58H41NO3. The minimum atomic E-state index is -0.306.